The van der Waals surface area contributed by atoms with Crippen LogP contribution in [0.1, 0.15) is 31.4 Å². The van der Waals surface area contributed by atoms with Crippen molar-refractivity contribution in [3.63, 3.8) is 0 Å². The molecule has 5 nitrogen and oxygen atoms in total. The summed E-state index contributed by atoms with van der Waals surface area (Å²) in [7, 11) is 0. The van der Waals surface area contributed by atoms with Gasteiger partial charge in [0.2, 0.25) is 0 Å². The molecular weight excluding hydrogens is 216 g/mol. The molecule has 2 atom stereocenters. The second-order valence-corrected chi connectivity index (χ2v) is 4.76. The molecule has 2 aliphatic rings. The van der Waals surface area contributed by atoms with E-state index < -0.39 is 0 Å². The van der Waals surface area contributed by atoms with E-state index in [9.17, 15) is 5.11 Å². The third-order valence-electron chi connectivity index (χ3n) is 3.74. The molecule has 0 saturated carbocycles. The summed E-state index contributed by atoms with van der Waals surface area (Å²) in [5, 5.41) is 18.8. The molecular formula is C12H14N4O. The zero-order chi connectivity index (χ0) is 11.8. The van der Waals surface area contributed by atoms with E-state index in [0.29, 0.717) is 23.6 Å². The number of nitriles is 1. The minimum absolute atomic E-state index is 0.203. The molecule has 1 aromatic heterocycles. The van der Waals surface area contributed by atoms with Crippen LogP contribution in [0, 0.1) is 11.3 Å². The lowest BCUT2D eigenvalue weighted by Gasteiger charge is -2.38. The third-order valence-corrected chi connectivity index (χ3v) is 3.74. The first-order chi connectivity index (χ1) is 8.29. The molecule has 2 aliphatic heterocycles. The fourth-order valence-electron chi connectivity index (χ4n) is 3.09. The summed E-state index contributed by atoms with van der Waals surface area (Å²) in [4.78, 5) is 10.6. The predicted octanol–water partition coefficient (Wildman–Crippen LogP) is 0.840. The minimum atomic E-state index is -0.203. The van der Waals surface area contributed by atoms with Gasteiger partial charge in [-0.05, 0) is 25.7 Å². The van der Waals surface area contributed by atoms with Gasteiger partial charge in [-0.15, -0.1) is 0 Å². The molecule has 0 spiro atoms. The summed E-state index contributed by atoms with van der Waals surface area (Å²) in [6.07, 6.45) is 6.66. The van der Waals surface area contributed by atoms with Gasteiger partial charge in [-0.1, -0.05) is 0 Å². The Labute approximate surface area is 99.7 Å². The van der Waals surface area contributed by atoms with Crippen LogP contribution in [0.25, 0.3) is 0 Å². The van der Waals surface area contributed by atoms with Crippen LogP contribution in [0.2, 0.25) is 0 Å². The van der Waals surface area contributed by atoms with Gasteiger partial charge in [0.05, 0.1) is 6.10 Å². The summed E-state index contributed by atoms with van der Waals surface area (Å²) in [5.41, 5.74) is 0.390. The van der Waals surface area contributed by atoms with Crippen molar-refractivity contribution in [3.8, 4) is 6.07 Å². The van der Waals surface area contributed by atoms with Gasteiger partial charge in [-0.2, -0.15) is 5.26 Å². The third kappa shape index (κ3) is 1.65. The Hall–Kier alpha value is -1.67. The number of aromatic nitrogens is 2. The Bertz CT molecular complexity index is 456. The van der Waals surface area contributed by atoms with Crippen molar-refractivity contribution in [1.29, 1.82) is 5.26 Å². The van der Waals surface area contributed by atoms with Crippen LogP contribution in [-0.2, 0) is 0 Å². The highest BCUT2D eigenvalue weighted by atomic mass is 16.3. The molecule has 2 fully saturated rings. The van der Waals surface area contributed by atoms with Gasteiger partial charge in [0, 0.05) is 24.5 Å². The summed E-state index contributed by atoms with van der Waals surface area (Å²) in [5.74, 6) is 0.689. The number of rotatable bonds is 1. The van der Waals surface area contributed by atoms with Gasteiger partial charge >= 0.3 is 0 Å². The van der Waals surface area contributed by atoms with Crippen LogP contribution in [0.3, 0.4) is 0 Å². The van der Waals surface area contributed by atoms with Crippen LogP contribution < -0.4 is 4.90 Å². The quantitative estimate of drug-likeness (QED) is 0.774. The average Bonchev–Trinajstić information content (AvgIpc) is 2.61. The van der Waals surface area contributed by atoms with Gasteiger partial charge in [0.25, 0.3) is 0 Å². The smallest absolute Gasteiger partial charge is 0.183 e. The fourth-order valence-corrected chi connectivity index (χ4v) is 3.09. The Balaban J connectivity index is 1.98. The largest absolute Gasteiger partial charge is 0.393 e. The molecule has 2 bridgehead atoms. The topological polar surface area (TPSA) is 73.0 Å². The van der Waals surface area contributed by atoms with Crippen LogP contribution in [0.4, 0.5) is 5.82 Å². The molecule has 0 aliphatic carbocycles. The maximum absolute atomic E-state index is 9.75. The maximum atomic E-state index is 9.75. The van der Waals surface area contributed by atoms with Crippen LogP contribution in [0.15, 0.2) is 12.4 Å². The highest BCUT2D eigenvalue weighted by Gasteiger charge is 2.41. The first-order valence-electron chi connectivity index (χ1n) is 5.97. The van der Waals surface area contributed by atoms with E-state index in [-0.39, 0.29) is 6.10 Å². The Kier molecular flexibility index (Phi) is 2.45. The Morgan fingerprint density at radius 2 is 1.88 bits per heavy atom. The van der Waals surface area contributed by atoms with E-state index in [4.69, 9.17) is 5.26 Å². The number of anilines is 1. The zero-order valence-corrected chi connectivity index (χ0v) is 9.45. The summed E-state index contributed by atoms with van der Waals surface area (Å²) >= 11 is 0. The van der Waals surface area contributed by atoms with Gasteiger partial charge in [0.1, 0.15) is 6.07 Å². The van der Waals surface area contributed by atoms with Crippen LogP contribution in [-0.4, -0.2) is 33.3 Å². The molecule has 0 amide bonds. The molecule has 1 N–H and O–H groups in total. The Morgan fingerprint density at radius 1 is 1.24 bits per heavy atom. The van der Waals surface area contributed by atoms with Crippen molar-refractivity contribution in [2.24, 2.45) is 0 Å². The van der Waals surface area contributed by atoms with E-state index in [0.717, 1.165) is 25.7 Å². The molecule has 1 aromatic rings. The zero-order valence-electron chi connectivity index (χ0n) is 9.45. The monoisotopic (exact) mass is 230 g/mol. The van der Waals surface area contributed by atoms with Crippen molar-refractivity contribution >= 4 is 5.82 Å². The van der Waals surface area contributed by atoms with Crippen molar-refractivity contribution in [2.75, 3.05) is 4.90 Å². The summed E-state index contributed by atoms with van der Waals surface area (Å²) < 4.78 is 0. The highest BCUT2D eigenvalue weighted by Crippen LogP contribution is 2.39. The number of nitrogens with zero attached hydrogens (tertiary/aromatic N) is 4. The highest BCUT2D eigenvalue weighted by molar-refractivity contribution is 5.52. The summed E-state index contributed by atoms with van der Waals surface area (Å²) in [6.45, 7) is 0. The second kappa shape index (κ2) is 3.97. The predicted molar refractivity (Wildman–Crippen MR) is 61.3 cm³/mol. The van der Waals surface area contributed by atoms with E-state index in [1.165, 1.54) is 0 Å². The molecule has 88 valence electrons. The van der Waals surface area contributed by atoms with Gasteiger partial charge in [-0.25, -0.2) is 9.97 Å². The normalized spacial score (nSPS) is 31.3. The first-order valence-corrected chi connectivity index (χ1v) is 5.97. The van der Waals surface area contributed by atoms with Gasteiger partial charge < -0.3 is 10.0 Å². The number of aliphatic hydroxyl groups excluding tert-OH is 1. The Morgan fingerprint density at radius 3 is 2.53 bits per heavy atom. The van der Waals surface area contributed by atoms with Crippen molar-refractivity contribution in [3.05, 3.63) is 18.1 Å². The number of hydrogen-bond donors (Lipinski definition) is 1. The van der Waals surface area contributed by atoms with Gasteiger partial charge in [0.15, 0.2) is 11.5 Å². The number of aliphatic hydroxyl groups is 1. The second-order valence-electron chi connectivity index (χ2n) is 4.76. The average molecular weight is 230 g/mol. The lowest BCUT2D eigenvalue weighted by Crippen LogP contribution is -2.45. The van der Waals surface area contributed by atoms with Crippen LogP contribution in [0.5, 0.6) is 0 Å². The van der Waals surface area contributed by atoms with Crippen molar-refractivity contribution in [1.82, 2.24) is 9.97 Å². The molecule has 3 rings (SSSR count). The molecule has 17 heavy (non-hydrogen) atoms. The number of fused-ring (bicyclic) bond motifs is 2. The molecule has 5 heteroatoms. The summed E-state index contributed by atoms with van der Waals surface area (Å²) in [6, 6.07) is 2.72. The van der Waals surface area contributed by atoms with Crippen molar-refractivity contribution < 1.29 is 5.11 Å². The van der Waals surface area contributed by atoms with E-state index in [1.54, 1.807) is 12.4 Å². The SMILES string of the molecule is N#Cc1nccnc1N1C2CCC1CC(O)C2. The fraction of sp³-hybridized carbons (Fsp3) is 0.583. The molecule has 3 heterocycles. The molecule has 2 unspecified atom stereocenters. The van der Waals surface area contributed by atoms with Crippen molar-refractivity contribution in [2.45, 2.75) is 43.9 Å². The lowest BCUT2D eigenvalue weighted by molar-refractivity contribution is 0.126. The lowest BCUT2D eigenvalue weighted by atomic mass is 10.00. The number of hydrogen-bond acceptors (Lipinski definition) is 5. The molecule has 2 saturated heterocycles. The van der Waals surface area contributed by atoms with E-state index >= 15 is 0 Å². The van der Waals surface area contributed by atoms with Crippen LogP contribution >= 0.6 is 0 Å². The standard InChI is InChI=1S/C12H14N4O/c13-7-11-12(15-4-3-14-11)16-8-1-2-9(16)6-10(17)5-8/h3-4,8-10,17H,1-2,5-6H2. The number of piperidine rings is 1. The minimum Gasteiger partial charge on any atom is -0.393 e. The molecule has 0 radical (unpaired) electrons. The van der Waals surface area contributed by atoms with Gasteiger partial charge in [-0.3, -0.25) is 0 Å². The molecule has 0 aromatic carbocycles. The first kappa shape index (κ1) is 10.5. The van der Waals surface area contributed by atoms with E-state index in [2.05, 4.69) is 20.9 Å². The maximum Gasteiger partial charge on any atom is 0.183 e. The van der Waals surface area contributed by atoms with E-state index in [1.807, 2.05) is 0 Å².